The van der Waals surface area contributed by atoms with Gasteiger partial charge >= 0.3 is 0 Å². The number of nitrogens with zero attached hydrogens (tertiary/aromatic N) is 4. The molecule has 6 N–H and O–H groups in total. The summed E-state index contributed by atoms with van der Waals surface area (Å²) in [6.07, 6.45) is 10.6. The van der Waals surface area contributed by atoms with Gasteiger partial charge in [-0.1, -0.05) is 26.0 Å². The smallest absolute Gasteiger partial charge is 0.209 e. The summed E-state index contributed by atoms with van der Waals surface area (Å²) in [7, 11) is -6.85. The molecular weight excluding hydrogens is 1010 g/mol. The number of carbonyl (C=O) groups excluding carboxylic acids is 2. The van der Waals surface area contributed by atoms with Crippen LogP contribution in [0.25, 0.3) is 22.5 Å². The van der Waals surface area contributed by atoms with E-state index in [1.165, 1.54) is 12.1 Å². The van der Waals surface area contributed by atoms with E-state index in [9.17, 15) is 52.8 Å². The van der Waals surface area contributed by atoms with Gasteiger partial charge < -0.3 is 11.5 Å². The van der Waals surface area contributed by atoms with Crippen molar-refractivity contribution in [2.75, 3.05) is 12.5 Å². The first-order valence-electron chi connectivity index (χ1n) is 23.5. The van der Waals surface area contributed by atoms with Gasteiger partial charge in [-0.15, -0.1) is 0 Å². The van der Waals surface area contributed by atoms with Crippen molar-refractivity contribution >= 4 is 31.6 Å². The fourth-order valence-corrected chi connectivity index (χ4v) is 11.9. The van der Waals surface area contributed by atoms with Crippen molar-refractivity contribution in [2.24, 2.45) is 23.3 Å². The number of carbonyl (C=O) groups is 2. The molecule has 0 aliphatic heterocycles. The number of nitrogens with two attached hydrogens (primary N) is 2. The Morgan fingerprint density at radius 2 is 0.892 bits per heavy atom. The van der Waals surface area contributed by atoms with Crippen molar-refractivity contribution in [1.82, 2.24) is 29.4 Å². The lowest BCUT2D eigenvalue weighted by molar-refractivity contribution is 0.0979. The van der Waals surface area contributed by atoms with Crippen LogP contribution >= 0.6 is 0 Å². The molecule has 2 saturated carbocycles. The number of aromatic nitrogens is 4. The zero-order valence-corrected chi connectivity index (χ0v) is 42.2. The fourth-order valence-electron chi connectivity index (χ4n) is 10.1. The monoisotopic (exact) mass is 1060 g/mol. The molecule has 4 aromatic heterocycles. The number of ketones is 2. The van der Waals surface area contributed by atoms with Gasteiger partial charge in [-0.25, -0.2) is 62.6 Å². The second-order valence-corrected chi connectivity index (χ2v) is 22.6. The standard InChI is InChI=1S/2C26H27F3N4O3S/c2*1-14-10-15(11-21(30)25(14)33-37(2,35)36)17-8-9-31-13-16(17)12-23(34)22-7-6-20(29)26(32-22)24-18(27)4-3-5-19(24)28/h2*3-9,13-15,21,25,33H,10-12,30H2,1-2H3/t2*14-,15+,21+,25-/m10/s1. The molecule has 2 aliphatic carbocycles. The molecule has 8 atom stereocenters. The highest BCUT2D eigenvalue weighted by Gasteiger charge is 2.38. The number of pyridine rings is 4. The summed E-state index contributed by atoms with van der Waals surface area (Å²) in [5.41, 5.74) is 12.9. The zero-order valence-electron chi connectivity index (χ0n) is 40.6. The molecule has 0 radical (unpaired) electrons. The van der Waals surface area contributed by atoms with E-state index < -0.39 is 113 Å². The van der Waals surface area contributed by atoms with Crippen LogP contribution in [0.1, 0.15) is 94.6 Å². The summed E-state index contributed by atoms with van der Waals surface area (Å²) in [5.74, 6) is -7.02. The van der Waals surface area contributed by atoms with Crippen molar-refractivity contribution in [1.29, 1.82) is 0 Å². The number of rotatable bonds is 14. The second kappa shape index (κ2) is 23.1. The molecule has 8 rings (SSSR count). The van der Waals surface area contributed by atoms with Gasteiger partial charge in [0.25, 0.3) is 0 Å². The van der Waals surface area contributed by atoms with Gasteiger partial charge in [-0.05, 0) is 132 Å². The number of halogens is 6. The zero-order chi connectivity index (χ0) is 53.8. The fraction of sp³-hybridized carbons (Fsp3) is 0.346. The van der Waals surface area contributed by atoms with Crippen molar-refractivity contribution < 1.29 is 52.8 Å². The van der Waals surface area contributed by atoms with Crippen LogP contribution in [-0.4, -0.2) is 85.0 Å². The highest BCUT2D eigenvalue weighted by Crippen LogP contribution is 2.39. The molecule has 0 unspecified atom stereocenters. The molecule has 74 heavy (non-hydrogen) atoms. The van der Waals surface area contributed by atoms with E-state index >= 15 is 0 Å². The number of hydrogen-bond donors (Lipinski definition) is 4. The minimum atomic E-state index is -3.42. The predicted molar refractivity (Wildman–Crippen MR) is 265 cm³/mol. The number of benzene rings is 2. The van der Waals surface area contributed by atoms with Gasteiger partial charge in [0.2, 0.25) is 20.0 Å². The first-order chi connectivity index (χ1) is 34.9. The molecule has 14 nitrogen and oxygen atoms in total. The second-order valence-electron chi connectivity index (χ2n) is 19.0. The molecule has 2 aliphatic rings. The number of nitrogens with one attached hydrogen (secondary N) is 2. The third-order valence-electron chi connectivity index (χ3n) is 13.4. The minimum absolute atomic E-state index is 0.0438. The topological polar surface area (TPSA) is 230 Å². The average molecular weight is 1070 g/mol. The minimum Gasteiger partial charge on any atom is -0.326 e. The molecule has 392 valence electrons. The number of sulfonamides is 2. The summed E-state index contributed by atoms with van der Waals surface area (Å²) in [6.45, 7) is 3.85. The summed E-state index contributed by atoms with van der Waals surface area (Å²) in [5, 5.41) is 0. The Morgan fingerprint density at radius 1 is 0.541 bits per heavy atom. The van der Waals surface area contributed by atoms with Crippen LogP contribution in [0.5, 0.6) is 0 Å². The van der Waals surface area contributed by atoms with Gasteiger partial charge in [-0.2, -0.15) is 0 Å². The molecule has 22 heteroatoms. The van der Waals surface area contributed by atoms with E-state index in [4.69, 9.17) is 11.5 Å². The van der Waals surface area contributed by atoms with Crippen molar-refractivity contribution in [3.8, 4) is 22.5 Å². The molecule has 0 saturated heterocycles. The van der Waals surface area contributed by atoms with Crippen LogP contribution < -0.4 is 20.9 Å². The number of Topliss-reactive ketones (excluding diaryl/α,β-unsaturated/α-hetero) is 2. The highest BCUT2D eigenvalue weighted by molar-refractivity contribution is 7.89. The van der Waals surface area contributed by atoms with Gasteiger partial charge in [-0.3, -0.25) is 19.6 Å². The maximum Gasteiger partial charge on any atom is 0.209 e. The highest BCUT2D eigenvalue weighted by atomic mass is 32.2. The van der Waals surface area contributed by atoms with Gasteiger partial charge in [0, 0.05) is 61.8 Å². The lowest BCUT2D eigenvalue weighted by atomic mass is 9.73. The van der Waals surface area contributed by atoms with E-state index in [1.807, 2.05) is 13.8 Å². The Morgan fingerprint density at radius 3 is 1.22 bits per heavy atom. The maximum absolute atomic E-state index is 14.4. The molecule has 0 bridgehead atoms. The van der Waals surface area contributed by atoms with Crippen LogP contribution in [0.4, 0.5) is 26.3 Å². The molecule has 2 fully saturated rings. The van der Waals surface area contributed by atoms with Crippen LogP contribution in [0.2, 0.25) is 0 Å². The van der Waals surface area contributed by atoms with Crippen LogP contribution in [0.3, 0.4) is 0 Å². The van der Waals surface area contributed by atoms with Crippen molar-refractivity contribution in [2.45, 2.75) is 88.4 Å². The van der Waals surface area contributed by atoms with E-state index in [0.717, 1.165) is 72.2 Å². The third kappa shape index (κ3) is 13.3. The summed E-state index contributed by atoms with van der Waals surface area (Å²) in [4.78, 5) is 42.5. The van der Waals surface area contributed by atoms with Crippen LogP contribution in [0, 0.1) is 46.7 Å². The molecule has 6 aromatic rings. The van der Waals surface area contributed by atoms with Crippen molar-refractivity contribution in [3.63, 3.8) is 0 Å². The van der Waals surface area contributed by atoms with E-state index in [0.29, 0.717) is 36.8 Å². The number of hydrogen-bond acceptors (Lipinski definition) is 12. The Labute approximate surface area is 425 Å². The van der Waals surface area contributed by atoms with Gasteiger partial charge in [0.1, 0.15) is 57.7 Å². The maximum atomic E-state index is 14.4. The Bertz CT molecular complexity index is 3020. The Kier molecular flexibility index (Phi) is 17.3. The Balaban J connectivity index is 0.000000216. The van der Waals surface area contributed by atoms with E-state index in [2.05, 4.69) is 29.4 Å². The van der Waals surface area contributed by atoms with Crippen LogP contribution in [0.15, 0.2) is 97.6 Å². The lowest BCUT2D eigenvalue weighted by Crippen LogP contribution is -2.54. The Hall–Kier alpha value is -6.30. The molecule has 0 amide bonds. The molecular formula is C52H54F6N8O6S2. The normalized spacial score (nSPS) is 22.1. The van der Waals surface area contributed by atoms with E-state index in [1.54, 1.807) is 36.9 Å². The average Bonchev–Trinajstić information content (AvgIpc) is 3.32. The largest absolute Gasteiger partial charge is 0.326 e. The first-order valence-corrected chi connectivity index (χ1v) is 27.3. The quantitative estimate of drug-likeness (QED) is 0.0614. The summed E-state index contributed by atoms with van der Waals surface area (Å²) >= 11 is 0. The third-order valence-corrected chi connectivity index (χ3v) is 14.8. The SMILES string of the molecule is C[C@@H]1C[C@H](c2ccncc2CC(=O)c2ccc(F)c(-c3c(F)cccc3F)n2)C[C@H](N)[C@@H]1NS(C)(=O)=O.C[C@H]1C[C@@H](c2ccncc2CC(=O)c2ccc(F)c(-c3c(F)cccc3F)n2)C[C@@H](N)[C@H]1NS(C)(=O)=O. The molecule has 0 spiro atoms. The summed E-state index contributed by atoms with van der Waals surface area (Å²) in [6, 6.07) is 12.5. The first kappa shape index (κ1) is 55.5. The predicted octanol–water partition coefficient (Wildman–Crippen LogP) is 7.49. The van der Waals surface area contributed by atoms with Gasteiger partial charge in [0.05, 0.1) is 23.6 Å². The molecule has 2 aromatic carbocycles. The van der Waals surface area contributed by atoms with Gasteiger partial charge in [0.15, 0.2) is 11.6 Å². The lowest BCUT2D eigenvalue weighted by Gasteiger charge is -2.39. The van der Waals surface area contributed by atoms with E-state index in [-0.39, 0.29) is 47.9 Å². The summed E-state index contributed by atoms with van der Waals surface area (Å²) < 4.78 is 138. The molecule has 4 heterocycles. The van der Waals surface area contributed by atoms with Crippen LogP contribution in [-0.2, 0) is 32.9 Å². The van der Waals surface area contributed by atoms with Crippen molar-refractivity contribution in [3.05, 3.63) is 166 Å².